The quantitative estimate of drug-likeness (QED) is 0.383. The summed E-state index contributed by atoms with van der Waals surface area (Å²) in [7, 11) is -5.44. The second-order valence-electron chi connectivity index (χ2n) is 6.42. The third kappa shape index (κ3) is 6.71. The summed E-state index contributed by atoms with van der Waals surface area (Å²) in [4.78, 5) is 30.6. The Labute approximate surface area is 173 Å². The minimum absolute atomic E-state index is 0.221. The van der Waals surface area contributed by atoms with Gasteiger partial charge in [0, 0.05) is 19.8 Å². The van der Waals surface area contributed by atoms with Crippen molar-refractivity contribution in [2.45, 2.75) is 4.90 Å². The fourth-order valence-corrected chi connectivity index (χ4v) is 4.96. The zero-order valence-electron chi connectivity index (χ0n) is 16.2. The van der Waals surface area contributed by atoms with Crippen LogP contribution in [-0.4, -0.2) is 60.5 Å². The molecule has 0 unspecified atom stereocenters. The molecule has 2 rings (SSSR count). The van der Waals surface area contributed by atoms with Crippen LogP contribution >= 0.6 is 7.60 Å². The maximum absolute atomic E-state index is 12.6. The van der Waals surface area contributed by atoms with Crippen LogP contribution in [0, 0.1) is 0 Å². The summed E-state index contributed by atoms with van der Waals surface area (Å²) in [5.74, 6) is -1.54. The SMILES string of the molecule is CN(C)c1ccc(N=Nc2ccc(S(=O)(=O)N(CC(=O)O)CP(=O)(O)O)cc2)cc1. The molecule has 30 heavy (non-hydrogen) atoms. The highest BCUT2D eigenvalue weighted by Crippen LogP contribution is 2.37. The number of carbonyl (C=O) groups is 1. The van der Waals surface area contributed by atoms with Crippen molar-refractivity contribution in [3.05, 3.63) is 48.5 Å². The van der Waals surface area contributed by atoms with Crippen LogP contribution in [-0.2, 0) is 19.4 Å². The van der Waals surface area contributed by atoms with E-state index in [2.05, 4.69) is 10.2 Å². The molecule has 0 heterocycles. The van der Waals surface area contributed by atoms with Crippen LogP contribution in [0.3, 0.4) is 0 Å². The van der Waals surface area contributed by atoms with Crippen LogP contribution < -0.4 is 4.90 Å². The number of azo groups is 1. The molecule has 0 aromatic heterocycles. The molecule has 2 aromatic rings. The van der Waals surface area contributed by atoms with Crippen molar-refractivity contribution in [2.75, 3.05) is 31.8 Å². The molecule has 13 heteroatoms. The Hall–Kier alpha value is -2.63. The first-order valence-corrected chi connectivity index (χ1v) is 11.7. The van der Waals surface area contributed by atoms with Crippen molar-refractivity contribution in [3.8, 4) is 0 Å². The molecule has 2 aromatic carbocycles. The van der Waals surface area contributed by atoms with Gasteiger partial charge in [0.15, 0.2) is 0 Å². The molecule has 0 atom stereocenters. The van der Waals surface area contributed by atoms with Crippen LogP contribution in [0.2, 0.25) is 0 Å². The predicted molar refractivity (Wildman–Crippen MR) is 110 cm³/mol. The van der Waals surface area contributed by atoms with E-state index in [1.165, 1.54) is 12.1 Å². The summed E-state index contributed by atoms with van der Waals surface area (Å²) < 4.78 is 36.6. The predicted octanol–water partition coefficient (Wildman–Crippen LogP) is 2.38. The summed E-state index contributed by atoms with van der Waals surface area (Å²) >= 11 is 0. The van der Waals surface area contributed by atoms with E-state index in [1.54, 1.807) is 12.1 Å². The highest BCUT2D eigenvalue weighted by atomic mass is 32.2. The minimum atomic E-state index is -4.81. The van der Waals surface area contributed by atoms with E-state index in [0.717, 1.165) is 17.8 Å². The molecule has 0 saturated heterocycles. The topological polar surface area (TPSA) is 160 Å². The fraction of sp³-hybridized carbons (Fsp3) is 0.235. The van der Waals surface area contributed by atoms with E-state index in [0.29, 0.717) is 11.4 Å². The lowest BCUT2D eigenvalue weighted by atomic mass is 10.3. The lowest BCUT2D eigenvalue weighted by Gasteiger charge is -2.20. The lowest BCUT2D eigenvalue weighted by Crippen LogP contribution is -2.36. The monoisotopic (exact) mass is 456 g/mol. The molecule has 3 N–H and O–H groups in total. The molecule has 0 saturated carbocycles. The highest BCUT2D eigenvalue weighted by Gasteiger charge is 2.32. The van der Waals surface area contributed by atoms with Gasteiger partial charge in [-0.25, -0.2) is 8.42 Å². The zero-order chi connectivity index (χ0) is 22.5. The molecule has 0 spiro atoms. The molecule has 162 valence electrons. The number of carboxylic acid groups (broad SMARTS) is 1. The Bertz CT molecular complexity index is 1060. The first-order valence-electron chi connectivity index (χ1n) is 8.44. The third-order valence-electron chi connectivity index (χ3n) is 3.78. The minimum Gasteiger partial charge on any atom is -0.480 e. The van der Waals surface area contributed by atoms with Crippen LogP contribution in [0.1, 0.15) is 0 Å². The van der Waals surface area contributed by atoms with Crippen molar-refractivity contribution < 1.29 is 32.7 Å². The van der Waals surface area contributed by atoms with Gasteiger partial charge in [-0.2, -0.15) is 14.5 Å². The molecular formula is C17H21N4O7PS. The summed E-state index contributed by atoms with van der Waals surface area (Å²) in [5, 5.41) is 16.9. The Kier molecular flexibility index (Phi) is 7.45. The van der Waals surface area contributed by atoms with Gasteiger partial charge >= 0.3 is 13.6 Å². The number of benzene rings is 2. The Balaban J connectivity index is 2.21. The van der Waals surface area contributed by atoms with E-state index < -0.39 is 36.4 Å². The molecule has 11 nitrogen and oxygen atoms in total. The molecule has 0 amide bonds. The number of hydrogen-bond acceptors (Lipinski definition) is 7. The molecule has 0 aliphatic rings. The van der Waals surface area contributed by atoms with Crippen molar-refractivity contribution >= 4 is 40.7 Å². The average molecular weight is 456 g/mol. The highest BCUT2D eigenvalue weighted by molar-refractivity contribution is 7.89. The normalized spacial score (nSPS) is 12.4. The number of anilines is 1. The number of nitrogens with zero attached hydrogens (tertiary/aromatic N) is 4. The molecule has 0 radical (unpaired) electrons. The van der Waals surface area contributed by atoms with E-state index in [1.807, 2.05) is 31.1 Å². The van der Waals surface area contributed by atoms with Crippen molar-refractivity contribution in [1.82, 2.24) is 4.31 Å². The number of rotatable bonds is 9. The van der Waals surface area contributed by atoms with Gasteiger partial charge in [0.05, 0.1) is 16.3 Å². The van der Waals surface area contributed by atoms with Crippen LogP contribution in [0.15, 0.2) is 63.7 Å². The van der Waals surface area contributed by atoms with Gasteiger partial charge in [-0.05, 0) is 48.5 Å². The van der Waals surface area contributed by atoms with Gasteiger partial charge in [0.1, 0.15) is 12.8 Å². The third-order valence-corrected chi connectivity index (χ3v) is 6.48. The van der Waals surface area contributed by atoms with Crippen LogP contribution in [0.25, 0.3) is 0 Å². The second kappa shape index (κ2) is 9.45. The number of carboxylic acids is 1. The van der Waals surface area contributed by atoms with Gasteiger partial charge in [-0.1, -0.05) is 0 Å². The molecule has 0 aliphatic heterocycles. The lowest BCUT2D eigenvalue weighted by molar-refractivity contribution is -0.137. The zero-order valence-corrected chi connectivity index (χ0v) is 17.9. The van der Waals surface area contributed by atoms with Gasteiger partial charge in [-0.3, -0.25) is 9.36 Å². The number of hydrogen-bond donors (Lipinski definition) is 3. The molecule has 0 aliphatic carbocycles. The first kappa shape index (κ1) is 23.6. The van der Waals surface area contributed by atoms with Crippen LogP contribution in [0.5, 0.6) is 0 Å². The van der Waals surface area contributed by atoms with E-state index in [4.69, 9.17) is 14.9 Å². The summed E-state index contributed by atoms with van der Waals surface area (Å²) in [5.41, 5.74) is 1.92. The maximum Gasteiger partial charge on any atom is 0.340 e. The second-order valence-corrected chi connectivity index (χ2v) is 9.97. The molecule has 0 fully saturated rings. The van der Waals surface area contributed by atoms with Crippen molar-refractivity contribution in [1.29, 1.82) is 0 Å². The fourth-order valence-electron chi connectivity index (χ4n) is 2.33. The Morgan fingerprint density at radius 3 is 1.83 bits per heavy atom. The summed E-state index contributed by atoms with van der Waals surface area (Å²) in [6.45, 7) is -1.09. The van der Waals surface area contributed by atoms with E-state index >= 15 is 0 Å². The summed E-state index contributed by atoms with van der Waals surface area (Å²) in [6.07, 6.45) is -1.24. The number of aliphatic carboxylic acids is 1. The Morgan fingerprint density at radius 2 is 1.43 bits per heavy atom. The molecule has 0 bridgehead atoms. The van der Waals surface area contributed by atoms with E-state index in [9.17, 15) is 17.8 Å². The first-order chi connectivity index (χ1) is 13.9. The van der Waals surface area contributed by atoms with Gasteiger partial charge in [0.2, 0.25) is 10.0 Å². The molecular weight excluding hydrogens is 435 g/mol. The van der Waals surface area contributed by atoms with Gasteiger partial charge in [-0.15, -0.1) is 0 Å². The van der Waals surface area contributed by atoms with Crippen molar-refractivity contribution in [3.63, 3.8) is 0 Å². The maximum atomic E-state index is 12.6. The summed E-state index contributed by atoms with van der Waals surface area (Å²) in [6, 6.07) is 12.3. The largest absolute Gasteiger partial charge is 0.480 e. The smallest absolute Gasteiger partial charge is 0.340 e. The van der Waals surface area contributed by atoms with Gasteiger partial charge < -0.3 is 19.8 Å². The van der Waals surface area contributed by atoms with Crippen LogP contribution in [0.4, 0.5) is 17.1 Å². The van der Waals surface area contributed by atoms with E-state index in [-0.39, 0.29) is 9.20 Å². The number of sulfonamides is 1. The van der Waals surface area contributed by atoms with Gasteiger partial charge in [0.25, 0.3) is 0 Å². The Morgan fingerprint density at radius 1 is 0.967 bits per heavy atom. The standard InChI is InChI=1S/C17H21N4O7PS/c1-20(2)15-7-3-13(4-8-15)18-19-14-5-9-16(10-6-14)30(27,28)21(11-17(22)23)12-29(24,25)26/h3-10H,11-12H2,1-2H3,(H,22,23)(H2,24,25,26). The average Bonchev–Trinajstić information content (AvgIpc) is 2.65. The van der Waals surface area contributed by atoms with Crippen molar-refractivity contribution in [2.24, 2.45) is 10.2 Å².